The van der Waals surface area contributed by atoms with Crippen molar-refractivity contribution >= 4 is 16.9 Å². The summed E-state index contributed by atoms with van der Waals surface area (Å²) in [5.41, 5.74) is 1.55. The number of amides is 1. The van der Waals surface area contributed by atoms with E-state index in [0.29, 0.717) is 0 Å². The number of nitrogens with zero attached hydrogens (tertiary/aromatic N) is 3. The molecule has 5 rings (SSSR count). The average Bonchev–Trinajstić information content (AvgIpc) is 3.36. The minimum atomic E-state index is 0.141. The highest BCUT2D eigenvalue weighted by Crippen LogP contribution is 2.46. The van der Waals surface area contributed by atoms with E-state index < -0.39 is 0 Å². The van der Waals surface area contributed by atoms with Gasteiger partial charge >= 0.3 is 0 Å². The summed E-state index contributed by atoms with van der Waals surface area (Å²) in [5.74, 6) is 2.05. The zero-order chi connectivity index (χ0) is 16.1. The number of pyridine rings is 1. The van der Waals surface area contributed by atoms with Gasteiger partial charge in [0.15, 0.2) is 0 Å². The second-order valence-electron chi connectivity index (χ2n) is 7.67. The Hall–Kier alpha value is -1.88. The molecule has 0 spiro atoms. The lowest BCUT2D eigenvalue weighted by Crippen LogP contribution is -2.53. The Kier molecular flexibility index (Phi) is 3.37. The molecule has 1 aliphatic heterocycles. The zero-order valence-corrected chi connectivity index (χ0v) is 13.9. The smallest absolute Gasteiger partial charge is 0.256 e. The van der Waals surface area contributed by atoms with Crippen LogP contribution in [0, 0.1) is 11.8 Å². The number of hydrogen-bond donors (Lipinski definition) is 1. The van der Waals surface area contributed by atoms with Crippen molar-refractivity contribution in [3.05, 3.63) is 30.1 Å². The number of H-pyrrole nitrogens is 1. The molecule has 5 heteroatoms. The summed E-state index contributed by atoms with van der Waals surface area (Å²) >= 11 is 0. The van der Waals surface area contributed by atoms with Crippen molar-refractivity contribution in [2.75, 3.05) is 26.2 Å². The van der Waals surface area contributed by atoms with Crippen LogP contribution in [0.15, 0.2) is 24.5 Å². The third kappa shape index (κ3) is 2.25. The van der Waals surface area contributed by atoms with Gasteiger partial charge in [-0.3, -0.25) is 9.69 Å². The van der Waals surface area contributed by atoms with E-state index in [1.165, 1.54) is 25.7 Å². The van der Waals surface area contributed by atoms with Gasteiger partial charge in [-0.1, -0.05) is 6.42 Å². The van der Waals surface area contributed by atoms with Gasteiger partial charge in [-0.05, 0) is 43.2 Å². The lowest BCUT2D eigenvalue weighted by molar-refractivity contribution is 0.0497. The maximum atomic E-state index is 12.9. The summed E-state index contributed by atoms with van der Waals surface area (Å²) in [6.07, 6.45) is 9.29. The van der Waals surface area contributed by atoms with Gasteiger partial charge in [-0.25, -0.2) is 4.98 Å². The maximum absolute atomic E-state index is 12.9. The average molecular weight is 324 g/mol. The number of aromatic amines is 1. The van der Waals surface area contributed by atoms with Crippen LogP contribution in [0.2, 0.25) is 0 Å². The van der Waals surface area contributed by atoms with Crippen LogP contribution in [0.3, 0.4) is 0 Å². The van der Waals surface area contributed by atoms with Gasteiger partial charge < -0.3 is 9.88 Å². The molecule has 1 saturated heterocycles. The Morgan fingerprint density at radius 2 is 2.04 bits per heavy atom. The predicted octanol–water partition coefficient (Wildman–Crippen LogP) is 2.51. The molecule has 126 valence electrons. The molecule has 24 heavy (non-hydrogen) atoms. The fourth-order valence-corrected chi connectivity index (χ4v) is 5.22. The summed E-state index contributed by atoms with van der Waals surface area (Å²) in [4.78, 5) is 25.0. The summed E-state index contributed by atoms with van der Waals surface area (Å²) < 4.78 is 0. The number of piperazine rings is 1. The van der Waals surface area contributed by atoms with E-state index in [1.807, 2.05) is 23.2 Å². The van der Waals surface area contributed by atoms with Crippen molar-refractivity contribution in [1.82, 2.24) is 19.8 Å². The van der Waals surface area contributed by atoms with Gasteiger partial charge in [0.25, 0.3) is 5.91 Å². The molecule has 1 amide bonds. The van der Waals surface area contributed by atoms with Crippen molar-refractivity contribution in [3.63, 3.8) is 0 Å². The van der Waals surface area contributed by atoms with Crippen molar-refractivity contribution in [2.45, 2.75) is 31.7 Å². The van der Waals surface area contributed by atoms with E-state index >= 15 is 0 Å². The first-order chi connectivity index (χ1) is 11.8. The van der Waals surface area contributed by atoms with E-state index in [9.17, 15) is 4.79 Å². The van der Waals surface area contributed by atoms with Gasteiger partial charge in [0.1, 0.15) is 5.65 Å². The van der Waals surface area contributed by atoms with Crippen LogP contribution in [-0.4, -0.2) is 57.9 Å². The third-order valence-electron chi connectivity index (χ3n) is 6.45. The Labute approximate surface area is 142 Å². The topological polar surface area (TPSA) is 52.2 Å². The molecular weight excluding hydrogens is 300 g/mol. The van der Waals surface area contributed by atoms with Crippen LogP contribution < -0.4 is 0 Å². The first-order valence-corrected chi connectivity index (χ1v) is 9.25. The van der Waals surface area contributed by atoms with E-state index in [1.54, 1.807) is 6.20 Å². The largest absolute Gasteiger partial charge is 0.345 e. The van der Waals surface area contributed by atoms with Gasteiger partial charge in [0.2, 0.25) is 0 Å². The number of nitrogens with one attached hydrogen (secondary N) is 1. The minimum Gasteiger partial charge on any atom is -0.345 e. The van der Waals surface area contributed by atoms with E-state index in [0.717, 1.165) is 60.7 Å². The highest BCUT2D eigenvalue weighted by atomic mass is 16.2. The Bertz CT molecular complexity index is 762. The van der Waals surface area contributed by atoms with Crippen molar-refractivity contribution in [2.24, 2.45) is 11.8 Å². The molecule has 5 nitrogen and oxygen atoms in total. The molecule has 3 atom stereocenters. The molecule has 0 aromatic carbocycles. The molecule has 1 N–H and O–H groups in total. The molecule has 2 bridgehead atoms. The van der Waals surface area contributed by atoms with E-state index in [2.05, 4.69) is 14.9 Å². The molecule has 2 saturated carbocycles. The van der Waals surface area contributed by atoms with Crippen LogP contribution >= 0.6 is 0 Å². The Morgan fingerprint density at radius 3 is 2.79 bits per heavy atom. The van der Waals surface area contributed by atoms with Gasteiger partial charge in [0, 0.05) is 50.0 Å². The summed E-state index contributed by atoms with van der Waals surface area (Å²) in [6, 6.07) is 4.65. The Balaban J connectivity index is 1.27. The second-order valence-corrected chi connectivity index (χ2v) is 7.67. The fraction of sp³-hybridized carbons (Fsp3) is 0.579. The molecule has 3 heterocycles. The SMILES string of the molecule is O=C(c1c[nH]c2ncccc12)N1CCN([C@@H]2C[C@H]3CC[C@H]2C3)CC1. The molecule has 3 fully saturated rings. The standard InChI is InChI=1S/C19H24N4O/c24-19(16-12-21-18-15(16)2-1-5-20-18)23-8-6-22(7-9-23)17-11-13-3-4-14(17)10-13/h1-2,5,12-14,17H,3-4,6-11H2,(H,20,21)/t13-,14-,17+/m0/s1. The second kappa shape index (κ2) is 5.59. The highest BCUT2D eigenvalue weighted by molar-refractivity contribution is 6.05. The molecular formula is C19H24N4O. The van der Waals surface area contributed by atoms with Crippen LogP contribution in [0.25, 0.3) is 11.0 Å². The summed E-state index contributed by atoms with van der Waals surface area (Å²) in [5, 5.41) is 0.929. The number of hydrogen-bond acceptors (Lipinski definition) is 3. The quantitative estimate of drug-likeness (QED) is 0.923. The van der Waals surface area contributed by atoms with Crippen LogP contribution in [0.4, 0.5) is 0 Å². The van der Waals surface area contributed by atoms with Gasteiger partial charge in [-0.2, -0.15) is 0 Å². The lowest BCUT2D eigenvalue weighted by Gasteiger charge is -2.41. The molecule has 2 aliphatic carbocycles. The van der Waals surface area contributed by atoms with Crippen LogP contribution in [0.1, 0.15) is 36.0 Å². The number of fused-ring (bicyclic) bond motifs is 3. The molecule has 2 aromatic rings. The fourth-order valence-electron chi connectivity index (χ4n) is 5.22. The molecule has 2 aromatic heterocycles. The predicted molar refractivity (Wildman–Crippen MR) is 92.8 cm³/mol. The maximum Gasteiger partial charge on any atom is 0.256 e. The summed E-state index contributed by atoms with van der Waals surface area (Å²) in [7, 11) is 0. The molecule has 0 unspecified atom stereocenters. The number of carbonyl (C=O) groups excluding carboxylic acids is 1. The molecule has 3 aliphatic rings. The summed E-state index contributed by atoms with van der Waals surface area (Å²) in [6.45, 7) is 3.75. The minimum absolute atomic E-state index is 0.141. The van der Waals surface area contributed by atoms with Crippen molar-refractivity contribution in [1.29, 1.82) is 0 Å². The first-order valence-electron chi connectivity index (χ1n) is 9.25. The van der Waals surface area contributed by atoms with E-state index in [-0.39, 0.29) is 5.91 Å². The number of aromatic nitrogens is 2. The van der Waals surface area contributed by atoms with Gasteiger partial charge in [0.05, 0.1) is 5.56 Å². The normalized spacial score (nSPS) is 30.3. The zero-order valence-electron chi connectivity index (χ0n) is 13.9. The van der Waals surface area contributed by atoms with Crippen molar-refractivity contribution in [3.8, 4) is 0 Å². The van der Waals surface area contributed by atoms with Crippen LogP contribution in [-0.2, 0) is 0 Å². The number of carbonyl (C=O) groups is 1. The first kappa shape index (κ1) is 14.5. The number of rotatable bonds is 2. The third-order valence-corrected chi connectivity index (χ3v) is 6.45. The lowest BCUT2D eigenvalue weighted by atomic mass is 9.93. The van der Waals surface area contributed by atoms with Crippen LogP contribution in [0.5, 0.6) is 0 Å². The van der Waals surface area contributed by atoms with Crippen molar-refractivity contribution < 1.29 is 4.79 Å². The Morgan fingerprint density at radius 1 is 1.17 bits per heavy atom. The monoisotopic (exact) mass is 324 g/mol. The van der Waals surface area contributed by atoms with Gasteiger partial charge in [-0.15, -0.1) is 0 Å². The van der Waals surface area contributed by atoms with E-state index in [4.69, 9.17) is 0 Å². The molecule has 0 radical (unpaired) electrons. The highest BCUT2D eigenvalue weighted by Gasteiger charge is 2.43.